The van der Waals surface area contributed by atoms with Gasteiger partial charge in [-0.15, -0.1) is 0 Å². The Labute approximate surface area is 129 Å². The van der Waals surface area contributed by atoms with E-state index in [9.17, 15) is 10.1 Å². The Morgan fingerprint density at radius 2 is 1.75 bits per heavy atom. The zero-order valence-electron chi connectivity index (χ0n) is 12.5. The van der Waals surface area contributed by atoms with Crippen molar-refractivity contribution in [1.29, 1.82) is 0 Å². The van der Waals surface area contributed by atoms with Gasteiger partial charge in [-0.2, -0.15) is 0 Å². The molecule has 0 aromatic heterocycles. The van der Waals surface area contributed by atoms with E-state index in [0.29, 0.717) is 17.5 Å². The van der Waals surface area contributed by atoms with Crippen molar-refractivity contribution in [1.82, 2.24) is 0 Å². The van der Waals surface area contributed by atoms with E-state index in [1.54, 1.807) is 12.1 Å². The van der Waals surface area contributed by atoms with E-state index >= 15 is 0 Å². The van der Waals surface area contributed by atoms with Crippen molar-refractivity contribution < 1.29 is 4.92 Å². The van der Waals surface area contributed by atoms with Gasteiger partial charge in [0.1, 0.15) is 5.69 Å². The van der Waals surface area contributed by atoms with Gasteiger partial charge in [0.25, 0.3) is 5.69 Å². The topological polar surface area (TPSA) is 55.2 Å². The van der Waals surface area contributed by atoms with Crippen molar-refractivity contribution in [3.63, 3.8) is 0 Å². The van der Waals surface area contributed by atoms with E-state index < -0.39 is 0 Å². The molecule has 1 aromatic rings. The summed E-state index contributed by atoms with van der Waals surface area (Å²) >= 11 is 3.28. The van der Waals surface area contributed by atoms with Crippen LogP contribution < -0.4 is 5.32 Å². The highest BCUT2D eigenvalue weighted by Crippen LogP contribution is 2.30. The summed E-state index contributed by atoms with van der Waals surface area (Å²) < 4.78 is 0.721. The molecule has 0 aliphatic heterocycles. The molecule has 0 fully saturated rings. The number of anilines is 1. The summed E-state index contributed by atoms with van der Waals surface area (Å²) in [7, 11) is 0. The van der Waals surface area contributed by atoms with Crippen LogP contribution in [0.1, 0.15) is 40.5 Å². The lowest BCUT2D eigenvalue weighted by Crippen LogP contribution is -2.24. The van der Waals surface area contributed by atoms with Crippen molar-refractivity contribution in [2.75, 3.05) is 5.32 Å². The van der Waals surface area contributed by atoms with Crippen LogP contribution in [-0.4, -0.2) is 11.0 Å². The monoisotopic (exact) mass is 342 g/mol. The Kier molecular flexibility index (Phi) is 6.46. The molecule has 0 saturated carbocycles. The van der Waals surface area contributed by atoms with Gasteiger partial charge in [0.15, 0.2) is 0 Å². The fraction of sp³-hybridized carbons (Fsp3) is 0.600. The van der Waals surface area contributed by atoms with Gasteiger partial charge < -0.3 is 5.32 Å². The van der Waals surface area contributed by atoms with Gasteiger partial charge >= 0.3 is 0 Å². The molecular weight excluding hydrogens is 320 g/mol. The van der Waals surface area contributed by atoms with Gasteiger partial charge in [-0.3, -0.25) is 10.1 Å². The smallest absolute Gasteiger partial charge is 0.293 e. The van der Waals surface area contributed by atoms with Crippen LogP contribution in [0.3, 0.4) is 0 Å². The third kappa shape index (κ3) is 5.49. The van der Waals surface area contributed by atoms with E-state index in [1.807, 2.05) is 6.07 Å². The van der Waals surface area contributed by atoms with E-state index in [1.165, 1.54) is 0 Å². The molecule has 1 rings (SSSR count). The maximum atomic E-state index is 11.1. The number of rotatable bonds is 7. The molecule has 1 aromatic carbocycles. The van der Waals surface area contributed by atoms with Crippen LogP contribution in [-0.2, 0) is 0 Å². The lowest BCUT2D eigenvalue weighted by molar-refractivity contribution is -0.384. The Morgan fingerprint density at radius 1 is 1.20 bits per heavy atom. The second-order valence-electron chi connectivity index (χ2n) is 6.02. The molecular formula is C15H23BrN2O2. The molecule has 0 saturated heterocycles. The van der Waals surface area contributed by atoms with Crippen LogP contribution in [0.4, 0.5) is 11.4 Å². The molecule has 0 radical (unpaired) electrons. The number of halogens is 1. The first-order valence-corrected chi connectivity index (χ1v) is 7.79. The van der Waals surface area contributed by atoms with Gasteiger partial charge in [0, 0.05) is 16.6 Å². The summed E-state index contributed by atoms with van der Waals surface area (Å²) in [4.78, 5) is 10.8. The molecule has 1 N–H and O–H groups in total. The summed E-state index contributed by atoms with van der Waals surface area (Å²) in [6.07, 6.45) is 2.01. The second-order valence-corrected chi connectivity index (χ2v) is 6.93. The highest BCUT2D eigenvalue weighted by molar-refractivity contribution is 9.10. The summed E-state index contributed by atoms with van der Waals surface area (Å²) in [6, 6.07) is 5.41. The van der Waals surface area contributed by atoms with Gasteiger partial charge in [-0.25, -0.2) is 0 Å². The van der Waals surface area contributed by atoms with Gasteiger partial charge in [-0.1, -0.05) is 43.6 Å². The summed E-state index contributed by atoms with van der Waals surface area (Å²) in [5, 5.41) is 14.5. The van der Waals surface area contributed by atoms with Crippen molar-refractivity contribution in [2.45, 2.75) is 46.6 Å². The fourth-order valence-electron chi connectivity index (χ4n) is 2.35. The van der Waals surface area contributed by atoms with E-state index in [0.717, 1.165) is 17.3 Å². The zero-order valence-corrected chi connectivity index (χ0v) is 14.1. The first-order valence-electron chi connectivity index (χ1n) is 7.00. The third-order valence-electron chi connectivity index (χ3n) is 3.03. The molecule has 5 heteroatoms. The molecule has 0 amide bonds. The molecule has 0 aliphatic rings. The van der Waals surface area contributed by atoms with Crippen LogP contribution >= 0.6 is 15.9 Å². The summed E-state index contributed by atoms with van der Waals surface area (Å²) in [6.45, 7) is 8.69. The minimum absolute atomic E-state index is 0.122. The first kappa shape index (κ1) is 17.0. The lowest BCUT2D eigenvalue weighted by Gasteiger charge is -2.23. The van der Waals surface area contributed by atoms with Crippen molar-refractivity contribution in [3.05, 3.63) is 32.8 Å². The molecule has 0 bridgehead atoms. The Hall–Kier alpha value is -1.10. The minimum Gasteiger partial charge on any atom is -0.377 e. The number of nitrogens with zero attached hydrogens (tertiary/aromatic N) is 1. The van der Waals surface area contributed by atoms with Crippen molar-refractivity contribution >= 4 is 27.3 Å². The molecule has 0 spiro atoms. The molecule has 4 nitrogen and oxygen atoms in total. The molecule has 0 atom stereocenters. The standard InChI is InChI=1S/C15H23BrN2O2/c1-10(2)7-13(8-11(3)4)17-14-6-5-12(16)9-15(14)18(19)20/h5-6,9-11,13,17H,7-8H2,1-4H3. The first-order chi connectivity index (χ1) is 9.29. The quantitative estimate of drug-likeness (QED) is 0.545. The zero-order chi connectivity index (χ0) is 15.3. The summed E-state index contributed by atoms with van der Waals surface area (Å²) in [5.41, 5.74) is 0.724. The maximum absolute atomic E-state index is 11.1. The third-order valence-corrected chi connectivity index (χ3v) is 3.52. The Morgan fingerprint density at radius 3 is 2.20 bits per heavy atom. The number of nitro groups is 1. The van der Waals surface area contributed by atoms with E-state index in [2.05, 4.69) is 48.9 Å². The highest BCUT2D eigenvalue weighted by atomic mass is 79.9. The number of hydrogen-bond donors (Lipinski definition) is 1. The fourth-order valence-corrected chi connectivity index (χ4v) is 2.70. The van der Waals surface area contributed by atoms with E-state index in [4.69, 9.17) is 0 Å². The van der Waals surface area contributed by atoms with Crippen LogP contribution in [0.15, 0.2) is 22.7 Å². The predicted molar refractivity (Wildman–Crippen MR) is 87.1 cm³/mol. The number of nitrogens with one attached hydrogen (secondary N) is 1. The average Bonchev–Trinajstić information content (AvgIpc) is 2.29. The van der Waals surface area contributed by atoms with Crippen molar-refractivity contribution in [2.24, 2.45) is 11.8 Å². The molecule has 20 heavy (non-hydrogen) atoms. The average molecular weight is 343 g/mol. The summed E-state index contributed by atoms with van der Waals surface area (Å²) in [5.74, 6) is 1.11. The Bertz CT molecular complexity index is 451. The SMILES string of the molecule is CC(C)CC(CC(C)C)Nc1ccc(Br)cc1[N+](=O)[O-]. The van der Waals surface area contributed by atoms with Crippen LogP contribution in [0, 0.1) is 22.0 Å². The minimum atomic E-state index is -0.338. The predicted octanol–water partition coefficient (Wildman–Crippen LogP) is 5.23. The van der Waals surface area contributed by atoms with Gasteiger partial charge in [0.05, 0.1) is 4.92 Å². The largest absolute Gasteiger partial charge is 0.377 e. The second kappa shape index (κ2) is 7.62. The maximum Gasteiger partial charge on any atom is 0.293 e. The van der Waals surface area contributed by atoms with Gasteiger partial charge in [-0.05, 0) is 36.8 Å². The molecule has 0 unspecified atom stereocenters. The molecule has 112 valence electrons. The number of benzene rings is 1. The normalized spacial score (nSPS) is 11.4. The number of nitro benzene ring substituents is 1. The van der Waals surface area contributed by atoms with Crippen LogP contribution in [0.5, 0.6) is 0 Å². The highest BCUT2D eigenvalue weighted by Gasteiger charge is 2.19. The van der Waals surface area contributed by atoms with Crippen molar-refractivity contribution in [3.8, 4) is 0 Å². The molecule has 0 heterocycles. The Balaban J connectivity index is 2.94. The van der Waals surface area contributed by atoms with Crippen LogP contribution in [0.2, 0.25) is 0 Å². The van der Waals surface area contributed by atoms with Gasteiger partial charge in [0.2, 0.25) is 0 Å². The number of hydrogen-bond acceptors (Lipinski definition) is 3. The molecule has 0 aliphatic carbocycles. The lowest BCUT2D eigenvalue weighted by atomic mass is 9.95. The van der Waals surface area contributed by atoms with E-state index in [-0.39, 0.29) is 16.7 Å². The van der Waals surface area contributed by atoms with Crippen LogP contribution in [0.25, 0.3) is 0 Å².